The highest BCUT2D eigenvalue weighted by molar-refractivity contribution is 7.80. The Morgan fingerprint density at radius 3 is 2.10 bits per heavy atom. The van der Waals surface area contributed by atoms with Gasteiger partial charge in [0.2, 0.25) is 0 Å². The van der Waals surface area contributed by atoms with Gasteiger partial charge in [-0.3, -0.25) is 0 Å². The molecule has 0 aliphatic carbocycles. The molecule has 0 bridgehead atoms. The van der Waals surface area contributed by atoms with Crippen molar-refractivity contribution in [3.05, 3.63) is 28.8 Å². The van der Waals surface area contributed by atoms with Crippen LogP contribution in [0.25, 0.3) is 0 Å². The van der Waals surface area contributed by atoms with Crippen LogP contribution in [0.4, 0.5) is 5.69 Å². The molecule has 0 radical (unpaired) electrons. The molecule has 1 aromatic rings. The van der Waals surface area contributed by atoms with Crippen LogP contribution in [0.3, 0.4) is 0 Å². The lowest BCUT2D eigenvalue weighted by molar-refractivity contribution is 0.535. The van der Waals surface area contributed by atoms with E-state index in [0.717, 1.165) is 37.2 Å². The van der Waals surface area contributed by atoms with Crippen molar-refractivity contribution in [2.45, 2.75) is 40.5 Å². The van der Waals surface area contributed by atoms with Crippen LogP contribution in [-0.4, -0.2) is 18.1 Å². The number of nitrogens with two attached hydrogens (primary N) is 1. The maximum Gasteiger partial charge on any atom is 0.107 e. The minimum atomic E-state index is 0.370. The van der Waals surface area contributed by atoms with E-state index >= 15 is 0 Å². The molecule has 0 amide bonds. The van der Waals surface area contributed by atoms with Crippen LogP contribution in [0, 0.1) is 11.8 Å². The Morgan fingerprint density at radius 2 is 1.67 bits per heavy atom. The first-order valence-corrected chi connectivity index (χ1v) is 8.44. The molecule has 0 heterocycles. The smallest absolute Gasteiger partial charge is 0.107 e. The lowest BCUT2D eigenvalue weighted by Crippen LogP contribution is -2.30. The van der Waals surface area contributed by atoms with Gasteiger partial charge >= 0.3 is 0 Å². The molecule has 0 fully saturated rings. The maximum absolute atomic E-state index is 6.30. The third-order valence-corrected chi connectivity index (χ3v) is 4.05. The number of rotatable bonds is 8. The van der Waals surface area contributed by atoms with Crippen LogP contribution in [0.5, 0.6) is 0 Å². The molecule has 4 heteroatoms. The van der Waals surface area contributed by atoms with E-state index in [4.69, 9.17) is 29.6 Å². The molecule has 0 atom stereocenters. The molecular weight excluding hydrogens is 300 g/mol. The molecule has 0 saturated carbocycles. The number of hydrogen-bond acceptors (Lipinski definition) is 2. The second-order valence-electron chi connectivity index (χ2n) is 6.35. The predicted molar refractivity (Wildman–Crippen MR) is 98.5 cm³/mol. The highest BCUT2D eigenvalue weighted by Gasteiger charge is 2.16. The van der Waals surface area contributed by atoms with Gasteiger partial charge in [0.1, 0.15) is 4.99 Å². The van der Waals surface area contributed by atoms with Crippen molar-refractivity contribution in [3.8, 4) is 0 Å². The standard InChI is InChI=1S/C17H27ClN2S/c1-12(2)8-10-20(11-9-13(3)4)15-7-5-6-14(18)16(15)17(19)21/h5-7,12-13H,8-11H2,1-4H3,(H2,19,21). The van der Waals surface area contributed by atoms with Gasteiger partial charge < -0.3 is 10.6 Å². The largest absolute Gasteiger partial charge is 0.389 e. The normalized spacial score (nSPS) is 11.2. The summed E-state index contributed by atoms with van der Waals surface area (Å²) in [5.41, 5.74) is 7.76. The summed E-state index contributed by atoms with van der Waals surface area (Å²) in [4.78, 5) is 2.75. The van der Waals surface area contributed by atoms with E-state index in [1.165, 1.54) is 0 Å². The van der Waals surface area contributed by atoms with Gasteiger partial charge in [-0.1, -0.05) is 57.6 Å². The van der Waals surface area contributed by atoms with Gasteiger partial charge in [0.05, 0.1) is 10.6 Å². The highest BCUT2D eigenvalue weighted by Crippen LogP contribution is 2.28. The van der Waals surface area contributed by atoms with E-state index in [0.29, 0.717) is 21.8 Å². The van der Waals surface area contributed by atoms with Crippen molar-refractivity contribution in [1.29, 1.82) is 0 Å². The molecular formula is C17H27ClN2S. The van der Waals surface area contributed by atoms with Crippen molar-refractivity contribution in [1.82, 2.24) is 0 Å². The summed E-state index contributed by atoms with van der Waals surface area (Å²) >= 11 is 11.5. The van der Waals surface area contributed by atoms with E-state index in [1.54, 1.807) is 0 Å². The molecule has 0 aliphatic heterocycles. The Bertz CT molecular complexity index is 460. The minimum absolute atomic E-state index is 0.370. The second-order valence-corrected chi connectivity index (χ2v) is 7.20. The number of halogens is 1. The van der Waals surface area contributed by atoms with Crippen LogP contribution in [-0.2, 0) is 0 Å². The summed E-state index contributed by atoms with van der Waals surface area (Å²) in [6, 6.07) is 5.89. The van der Waals surface area contributed by atoms with Gasteiger partial charge in [0.25, 0.3) is 0 Å². The molecule has 2 N–H and O–H groups in total. The Hall–Kier alpha value is -0.800. The van der Waals surface area contributed by atoms with Gasteiger partial charge in [-0.05, 0) is 36.8 Å². The summed E-state index contributed by atoms with van der Waals surface area (Å²) in [7, 11) is 0. The Labute approximate surface area is 139 Å². The summed E-state index contributed by atoms with van der Waals surface area (Å²) < 4.78 is 0. The van der Waals surface area contributed by atoms with Gasteiger partial charge in [-0.2, -0.15) is 0 Å². The fourth-order valence-electron chi connectivity index (χ4n) is 2.20. The number of thiocarbonyl (C=S) groups is 1. The van der Waals surface area contributed by atoms with Crippen LogP contribution in [0.2, 0.25) is 5.02 Å². The topological polar surface area (TPSA) is 29.3 Å². The molecule has 0 saturated heterocycles. The third kappa shape index (κ3) is 5.84. The van der Waals surface area contributed by atoms with Gasteiger partial charge in [0.15, 0.2) is 0 Å². The van der Waals surface area contributed by atoms with E-state index in [9.17, 15) is 0 Å². The van der Waals surface area contributed by atoms with Crippen molar-refractivity contribution in [2.24, 2.45) is 17.6 Å². The summed E-state index contributed by atoms with van der Waals surface area (Å²) in [5, 5.41) is 0.638. The van der Waals surface area contributed by atoms with E-state index in [-0.39, 0.29) is 0 Å². The molecule has 21 heavy (non-hydrogen) atoms. The van der Waals surface area contributed by atoms with Crippen molar-refractivity contribution in [2.75, 3.05) is 18.0 Å². The zero-order valence-corrected chi connectivity index (χ0v) is 15.1. The number of benzene rings is 1. The molecule has 0 aromatic heterocycles. The fourth-order valence-corrected chi connectivity index (χ4v) is 2.74. The molecule has 2 nitrogen and oxygen atoms in total. The minimum Gasteiger partial charge on any atom is -0.389 e. The predicted octanol–water partition coefficient (Wildman–Crippen LogP) is 4.87. The Morgan fingerprint density at radius 1 is 1.14 bits per heavy atom. The first-order valence-electron chi connectivity index (χ1n) is 7.66. The van der Waals surface area contributed by atoms with Crippen molar-refractivity contribution in [3.63, 3.8) is 0 Å². The Balaban J connectivity index is 3.06. The molecule has 1 rings (SSSR count). The quantitative estimate of drug-likeness (QED) is 0.691. The molecule has 0 spiro atoms. The molecule has 0 unspecified atom stereocenters. The van der Waals surface area contributed by atoms with Crippen LogP contribution in [0.15, 0.2) is 18.2 Å². The first kappa shape index (κ1) is 18.2. The average molecular weight is 327 g/mol. The zero-order chi connectivity index (χ0) is 16.0. The molecule has 1 aromatic carbocycles. The van der Waals surface area contributed by atoms with E-state index in [1.807, 2.05) is 12.1 Å². The maximum atomic E-state index is 6.30. The highest BCUT2D eigenvalue weighted by atomic mass is 35.5. The van der Waals surface area contributed by atoms with Crippen molar-refractivity contribution >= 4 is 34.5 Å². The van der Waals surface area contributed by atoms with Gasteiger partial charge in [-0.15, -0.1) is 0 Å². The summed E-state index contributed by atoms with van der Waals surface area (Å²) in [6.45, 7) is 11.0. The monoisotopic (exact) mass is 326 g/mol. The fraction of sp³-hybridized carbons (Fsp3) is 0.588. The number of nitrogens with zero attached hydrogens (tertiary/aromatic N) is 1. The number of anilines is 1. The molecule has 0 aliphatic rings. The Kier molecular flexibility index (Phi) is 7.47. The number of hydrogen-bond donors (Lipinski definition) is 1. The van der Waals surface area contributed by atoms with Crippen molar-refractivity contribution < 1.29 is 0 Å². The SMILES string of the molecule is CC(C)CCN(CCC(C)C)c1cccc(Cl)c1C(N)=S. The molecule has 118 valence electrons. The lowest BCUT2D eigenvalue weighted by atomic mass is 10.1. The van der Waals surface area contributed by atoms with E-state index in [2.05, 4.69) is 38.7 Å². The average Bonchev–Trinajstić information content (AvgIpc) is 2.37. The first-order chi connectivity index (χ1) is 9.82. The summed E-state index contributed by atoms with van der Waals surface area (Å²) in [5.74, 6) is 1.33. The second kappa shape index (κ2) is 8.60. The van der Waals surface area contributed by atoms with Gasteiger partial charge in [0, 0.05) is 18.8 Å². The van der Waals surface area contributed by atoms with Crippen LogP contribution in [0.1, 0.15) is 46.1 Å². The van der Waals surface area contributed by atoms with Gasteiger partial charge in [-0.25, -0.2) is 0 Å². The summed E-state index contributed by atoms with van der Waals surface area (Å²) in [6.07, 6.45) is 2.28. The van der Waals surface area contributed by atoms with Crippen LogP contribution < -0.4 is 10.6 Å². The third-order valence-electron chi connectivity index (χ3n) is 3.53. The lowest BCUT2D eigenvalue weighted by Gasteiger charge is -2.29. The zero-order valence-electron chi connectivity index (χ0n) is 13.5. The van der Waals surface area contributed by atoms with Crippen LogP contribution >= 0.6 is 23.8 Å². The van der Waals surface area contributed by atoms with E-state index < -0.39 is 0 Å².